The highest BCUT2D eigenvalue weighted by Crippen LogP contribution is 2.29. The normalized spacial score (nSPS) is 10.4. The molecule has 0 amide bonds. The molecule has 2 aromatic rings. The molecule has 72 valence electrons. The van der Waals surface area contributed by atoms with E-state index in [1.807, 2.05) is 6.07 Å². The molecule has 0 atom stereocenters. The Labute approximate surface area is 88.4 Å². The number of anilines is 1. The van der Waals surface area contributed by atoms with Crippen molar-refractivity contribution in [3.8, 4) is 10.6 Å². The molecule has 4 nitrogen and oxygen atoms in total. The third-order valence-corrected chi connectivity index (χ3v) is 2.87. The van der Waals surface area contributed by atoms with Gasteiger partial charge in [-0.1, -0.05) is 11.6 Å². The zero-order valence-electron chi connectivity index (χ0n) is 6.95. The van der Waals surface area contributed by atoms with E-state index in [1.165, 1.54) is 11.3 Å². The third-order valence-electron chi connectivity index (χ3n) is 1.60. The van der Waals surface area contributed by atoms with E-state index in [9.17, 15) is 4.79 Å². The number of H-pyrrole nitrogens is 1. The number of halogens is 1. The van der Waals surface area contributed by atoms with Gasteiger partial charge in [0.15, 0.2) is 0 Å². The quantitative estimate of drug-likeness (QED) is 0.780. The smallest absolute Gasteiger partial charge is 0.347 e. The zero-order valence-corrected chi connectivity index (χ0v) is 8.52. The van der Waals surface area contributed by atoms with Crippen molar-refractivity contribution in [3.05, 3.63) is 33.0 Å². The SMILES string of the molecule is Nc1cc(-c2ccc(Cl)s2)[nH]c(=O)n1. The first kappa shape index (κ1) is 9.23. The molecule has 6 heteroatoms. The maximum Gasteiger partial charge on any atom is 0.347 e. The molecule has 0 aliphatic rings. The lowest BCUT2D eigenvalue weighted by atomic mass is 10.3. The lowest BCUT2D eigenvalue weighted by Gasteiger charge is -1.97. The minimum atomic E-state index is -0.454. The van der Waals surface area contributed by atoms with Gasteiger partial charge in [0.25, 0.3) is 0 Å². The number of hydrogen-bond acceptors (Lipinski definition) is 4. The Bertz CT molecular complexity index is 519. The Hall–Kier alpha value is -1.33. The number of nitrogens with two attached hydrogens (primary N) is 1. The monoisotopic (exact) mass is 227 g/mol. The minimum Gasteiger partial charge on any atom is -0.383 e. The van der Waals surface area contributed by atoms with Crippen LogP contribution in [0, 0.1) is 0 Å². The highest BCUT2D eigenvalue weighted by atomic mass is 35.5. The minimum absolute atomic E-state index is 0.202. The molecule has 0 aliphatic heterocycles. The Morgan fingerprint density at radius 2 is 2.29 bits per heavy atom. The molecule has 0 saturated carbocycles. The molecule has 2 aromatic heterocycles. The number of aromatic nitrogens is 2. The Morgan fingerprint density at radius 3 is 2.86 bits per heavy atom. The maximum atomic E-state index is 11.0. The number of nitrogens with one attached hydrogen (secondary N) is 1. The van der Waals surface area contributed by atoms with Crippen LogP contribution in [0.15, 0.2) is 23.0 Å². The van der Waals surface area contributed by atoms with Gasteiger partial charge in [-0.15, -0.1) is 11.3 Å². The van der Waals surface area contributed by atoms with Crippen LogP contribution in [-0.2, 0) is 0 Å². The Balaban J connectivity index is 2.56. The molecule has 2 heterocycles. The summed E-state index contributed by atoms with van der Waals surface area (Å²) in [5.41, 5.74) is 5.63. The first-order chi connectivity index (χ1) is 6.65. The Kier molecular flexibility index (Phi) is 2.26. The molecule has 0 unspecified atom stereocenters. The summed E-state index contributed by atoms with van der Waals surface area (Å²) < 4.78 is 0.663. The summed E-state index contributed by atoms with van der Waals surface area (Å²) in [6, 6.07) is 5.18. The number of nitrogens with zero attached hydrogens (tertiary/aromatic N) is 1. The van der Waals surface area contributed by atoms with Gasteiger partial charge < -0.3 is 10.7 Å². The van der Waals surface area contributed by atoms with Crippen molar-refractivity contribution in [3.63, 3.8) is 0 Å². The van der Waals surface area contributed by atoms with E-state index in [0.717, 1.165) is 4.88 Å². The van der Waals surface area contributed by atoms with Gasteiger partial charge in [0.2, 0.25) is 0 Å². The van der Waals surface area contributed by atoms with Crippen LogP contribution in [0.3, 0.4) is 0 Å². The van der Waals surface area contributed by atoms with Gasteiger partial charge in [0.1, 0.15) is 5.82 Å². The van der Waals surface area contributed by atoms with E-state index in [1.54, 1.807) is 12.1 Å². The predicted molar refractivity (Wildman–Crippen MR) is 57.6 cm³/mol. The molecule has 0 saturated heterocycles. The molecule has 0 aromatic carbocycles. The second kappa shape index (κ2) is 3.43. The highest BCUT2D eigenvalue weighted by molar-refractivity contribution is 7.19. The standard InChI is InChI=1S/C8H6ClN3OS/c9-6-2-1-5(14-6)4-3-7(10)12-8(13)11-4/h1-3H,(H3,10,11,12,13). The van der Waals surface area contributed by atoms with Gasteiger partial charge in [0.05, 0.1) is 14.9 Å². The molecule has 0 radical (unpaired) electrons. The highest BCUT2D eigenvalue weighted by Gasteiger charge is 2.03. The van der Waals surface area contributed by atoms with E-state index in [-0.39, 0.29) is 5.82 Å². The number of nitrogen functional groups attached to an aromatic ring is 1. The second-order valence-electron chi connectivity index (χ2n) is 2.63. The summed E-state index contributed by atoms with van der Waals surface area (Å²) in [5, 5.41) is 0. The predicted octanol–water partition coefficient (Wildman–Crippen LogP) is 1.73. The number of rotatable bonds is 1. The van der Waals surface area contributed by atoms with E-state index in [4.69, 9.17) is 17.3 Å². The molecule has 0 bridgehead atoms. The van der Waals surface area contributed by atoms with Crippen LogP contribution >= 0.6 is 22.9 Å². The fourth-order valence-corrected chi connectivity index (χ4v) is 2.08. The van der Waals surface area contributed by atoms with Crippen LogP contribution in [0.25, 0.3) is 10.6 Å². The molecular weight excluding hydrogens is 222 g/mol. The third kappa shape index (κ3) is 1.78. The molecular formula is C8H6ClN3OS. The van der Waals surface area contributed by atoms with E-state index >= 15 is 0 Å². The summed E-state index contributed by atoms with van der Waals surface area (Å²) >= 11 is 7.14. The topological polar surface area (TPSA) is 71.8 Å². The number of aromatic amines is 1. The summed E-state index contributed by atoms with van der Waals surface area (Å²) in [6.07, 6.45) is 0. The van der Waals surface area contributed by atoms with Gasteiger partial charge in [-0.3, -0.25) is 0 Å². The molecule has 14 heavy (non-hydrogen) atoms. The summed E-state index contributed by atoms with van der Waals surface area (Å²) in [7, 11) is 0. The van der Waals surface area contributed by atoms with Crippen LogP contribution < -0.4 is 11.4 Å². The molecule has 0 aliphatic carbocycles. The van der Waals surface area contributed by atoms with E-state index in [2.05, 4.69) is 9.97 Å². The van der Waals surface area contributed by atoms with Crippen molar-refractivity contribution < 1.29 is 0 Å². The largest absolute Gasteiger partial charge is 0.383 e. The van der Waals surface area contributed by atoms with Gasteiger partial charge in [0, 0.05) is 6.07 Å². The lowest BCUT2D eigenvalue weighted by Crippen LogP contribution is -2.12. The fourth-order valence-electron chi connectivity index (χ4n) is 1.07. The summed E-state index contributed by atoms with van der Waals surface area (Å²) in [6.45, 7) is 0. The van der Waals surface area contributed by atoms with Crippen molar-refractivity contribution in [2.24, 2.45) is 0 Å². The average Bonchev–Trinajstić information content (AvgIpc) is 2.50. The average molecular weight is 228 g/mol. The van der Waals surface area contributed by atoms with Gasteiger partial charge in [-0.25, -0.2) is 4.79 Å². The van der Waals surface area contributed by atoms with Crippen molar-refractivity contribution in [1.29, 1.82) is 0 Å². The van der Waals surface area contributed by atoms with Crippen LogP contribution in [-0.4, -0.2) is 9.97 Å². The van der Waals surface area contributed by atoms with Crippen molar-refractivity contribution in [2.75, 3.05) is 5.73 Å². The molecule has 0 fully saturated rings. The summed E-state index contributed by atoms with van der Waals surface area (Å²) in [4.78, 5) is 18.0. The lowest BCUT2D eigenvalue weighted by molar-refractivity contribution is 1.09. The first-order valence-electron chi connectivity index (χ1n) is 3.78. The second-order valence-corrected chi connectivity index (χ2v) is 4.34. The number of hydrogen-bond donors (Lipinski definition) is 2. The molecule has 0 spiro atoms. The van der Waals surface area contributed by atoms with Crippen LogP contribution in [0.1, 0.15) is 0 Å². The van der Waals surface area contributed by atoms with Crippen LogP contribution in [0.5, 0.6) is 0 Å². The fraction of sp³-hybridized carbons (Fsp3) is 0. The van der Waals surface area contributed by atoms with E-state index < -0.39 is 5.69 Å². The zero-order chi connectivity index (χ0) is 10.1. The maximum absolute atomic E-state index is 11.0. The van der Waals surface area contributed by atoms with Crippen molar-refractivity contribution in [2.45, 2.75) is 0 Å². The van der Waals surface area contributed by atoms with Gasteiger partial charge in [-0.05, 0) is 12.1 Å². The first-order valence-corrected chi connectivity index (χ1v) is 4.97. The van der Waals surface area contributed by atoms with Gasteiger partial charge in [-0.2, -0.15) is 4.98 Å². The Morgan fingerprint density at radius 1 is 1.50 bits per heavy atom. The van der Waals surface area contributed by atoms with Crippen molar-refractivity contribution >= 4 is 28.8 Å². The van der Waals surface area contributed by atoms with Crippen LogP contribution in [0.2, 0.25) is 4.34 Å². The summed E-state index contributed by atoms with van der Waals surface area (Å²) in [5.74, 6) is 0.202. The molecule has 3 N–H and O–H groups in total. The van der Waals surface area contributed by atoms with E-state index in [0.29, 0.717) is 10.0 Å². The van der Waals surface area contributed by atoms with Gasteiger partial charge >= 0.3 is 5.69 Å². The number of thiophene rings is 1. The molecule has 2 rings (SSSR count). The van der Waals surface area contributed by atoms with Crippen molar-refractivity contribution in [1.82, 2.24) is 9.97 Å². The van der Waals surface area contributed by atoms with Crippen LogP contribution in [0.4, 0.5) is 5.82 Å².